The topological polar surface area (TPSA) is 102 Å². The van der Waals surface area contributed by atoms with Crippen molar-refractivity contribution in [1.29, 1.82) is 0 Å². The van der Waals surface area contributed by atoms with Gasteiger partial charge in [0.05, 0.1) is 29.5 Å². The number of ether oxygens (including phenoxy) is 2. The second-order valence-corrected chi connectivity index (χ2v) is 12.3. The molecule has 1 aliphatic rings. The monoisotopic (exact) mass is 521 g/mol. The molecule has 1 aromatic carbocycles. The molecule has 1 aliphatic heterocycles. The largest absolute Gasteiger partial charge is 0.493 e. The van der Waals surface area contributed by atoms with Crippen LogP contribution in [-0.2, 0) is 16.0 Å². The van der Waals surface area contributed by atoms with Crippen LogP contribution in [0.2, 0.25) is 0 Å². The van der Waals surface area contributed by atoms with Gasteiger partial charge in [0.25, 0.3) is 5.91 Å². The number of fused-ring (bicyclic) bond motifs is 2. The molecule has 8 heteroatoms. The van der Waals surface area contributed by atoms with E-state index in [1.807, 2.05) is 46.8 Å². The number of pyridine rings is 1. The summed E-state index contributed by atoms with van der Waals surface area (Å²) in [6, 6.07) is 5.97. The molecule has 1 unspecified atom stereocenters. The molecular weight excluding hydrogens is 482 g/mol. The van der Waals surface area contributed by atoms with Crippen molar-refractivity contribution in [3.05, 3.63) is 52.3 Å². The third-order valence-electron chi connectivity index (χ3n) is 6.66. The lowest BCUT2D eigenvalue weighted by molar-refractivity contribution is -0.160. The SMILES string of the molecule is Cc1c(-c2ccc3c(c2)CCCO3)c(C(OC(C)(C)C)C(=O)O)c(C)n2ncc(C(=O)NCC(C)(C)C)c12. The first-order valence-electron chi connectivity index (χ1n) is 13.1. The molecule has 0 radical (unpaired) electrons. The summed E-state index contributed by atoms with van der Waals surface area (Å²) in [5.74, 6) is -0.445. The fraction of sp³-hybridized carbons (Fsp3) is 0.500. The van der Waals surface area contributed by atoms with Gasteiger partial charge in [-0.25, -0.2) is 9.31 Å². The number of nitrogens with one attached hydrogen (secondary N) is 1. The minimum Gasteiger partial charge on any atom is -0.493 e. The number of carboxylic acids is 1. The van der Waals surface area contributed by atoms with Crippen molar-refractivity contribution >= 4 is 17.4 Å². The molecule has 1 amide bonds. The van der Waals surface area contributed by atoms with Gasteiger partial charge in [0, 0.05) is 17.8 Å². The number of amides is 1. The van der Waals surface area contributed by atoms with E-state index in [1.54, 1.807) is 10.7 Å². The number of carbonyl (C=O) groups is 2. The van der Waals surface area contributed by atoms with Crippen molar-refractivity contribution in [2.24, 2.45) is 5.41 Å². The molecule has 0 saturated carbocycles. The van der Waals surface area contributed by atoms with Crippen LogP contribution in [0, 0.1) is 19.3 Å². The average molecular weight is 522 g/mol. The van der Waals surface area contributed by atoms with Gasteiger partial charge in [0.15, 0.2) is 6.10 Å². The number of hydrogen-bond donors (Lipinski definition) is 2. The van der Waals surface area contributed by atoms with E-state index in [1.165, 1.54) is 0 Å². The van der Waals surface area contributed by atoms with Crippen molar-refractivity contribution in [2.45, 2.75) is 79.9 Å². The Morgan fingerprint density at radius 1 is 1.18 bits per heavy atom. The summed E-state index contributed by atoms with van der Waals surface area (Å²) < 4.78 is 13.6. The number of nitrogens with zero attached hydrogens (tertiary/aromatic N) is 2. The summed E-state index contributed by atoms with van der Waals surface area (Å²) in [5.41, 5.74) is 4.91. The number of aryl methyl sites for hydroxylation is 3. The van der Waals surface area contributed by atoms with E-state index in [9.17, 15) is 14.7 Å². The second kappa shape index (κ2) is 10.1. The third-order valence-corrected chi connectivity index (χ3v) is 6.66. The molecule has 3 aromatic rings. The van der Waals surface area contributed by atoms with Gasteiger partial charge in [-0.15, -0.1) is 0 Å². The smallest absolute Gasteiger partial charge is 0.337 e. The van der Waals surface area contributed by atoms with E-state index < -0.39 is 17.7 Å². The summed E-state index contributed by atoms with van der Waals surface area (Å²) in [5, 5.41) is 17.9. The predicted octanol–water partition coefficient (Wildman–Crippen LogP) is 5.66. The van der Waals surface area contributed by atoms with Gasteiger partial charge in [-0.1, -0.05) is 26.8 Å². The number of rotatable bonds is 6. The van der Waals surface area contributed by atoms with E-state index in [-0.39, 0.29) is 11.3 Å². The zero-order valence-electron chi connectivity index (χ0n) is 23.7. The maximum atomic E-state index is 13.3. The van der Waals surface area contributed by atoms with Gasteiger partial charge >= 0.3 is 5.97 Å². The molecule has 0 bridgehead atoms. The zero-order valence-corrected chi connectivity index (χ0v) is 23.7. The number of carboxylic acid groups (broad SMARTS) is 1. The zero-order chi connectivity index (χ0) is 28.0. The number of benzene rings is 1. The van der Waals surface area contributed by atoms with E-state index in [4.69, 9.17) is 9.47 Å². The highest BCUT2D eigenvalue weighted by Crippen LogP contribution is 2.41. The first-order valence-corrected chi connectivity index (χ1v) is 13.1. The number of hydrogen-bond acceptors (Lipinski definition) is 5. The van der Waals surface area contributed by atoms with Gasteiger partial charge < -0.3 is 19.9 Å². The molecule has 1 atom stereocenters. The lowest BCUT2D eigenvalue weighted by atomic mass is 9.88. The van der Waals surface area contributed by atoms with Gasteiger partial charge in [0.2, 0.25) is 0 Å². The summed E-state index contributed by atoms with van der Waals surface area (Å²) in [6.45, 7) is 16.6. The van der Waals surface area contributed by atoms with Crippen LogP contribution in [-0.4, -0.2) is 45.3 Å². The van der Waals surface area contributed by atoms with E-state index in [0.717, 1.165) is 40.8 Å². The molecule has 0 fully saturated rings. The van der Waals surface area contributed by atoms with Crippen molar-refractivity contribution in [1.82, 2.24) is 14.9 Å². The molecule has 0 aliphatic carbocycles. The molecule has 204 valence electrons. The molecule has 4 rings (SSSR count). The number of aliphatic carboxylic acids is 1. The van der Waals surface area contributed by atoms with Gasteiger partial charge in [-0.2, -0.15) is 5.10 Å². The van der Waals surface area contributed by atoms with Crippen LogP contribution in [0.5, 0.6) is 5.75 Å². The quantitative estimate of drug-likeness (QED) is 0.434. The maximum absolute atomic E-state index is 13.3. The fourth-order valence-electron chi connectivity index (χ4n) is 4.98. The van der Waals surface area contributed by atoms with Crippen LogP contribution < -0.4 is 10.1 Å². The first-order chi connectivity index (χ1) is 17.7. The van der Waals surface area contributed by atoms with Crippen LogP contribution in [0.4, 0.5) is 0 Å². The minimum absolute atomic E-state index is 0.0773. The van der Waals surface area contributed by atoms with Crippen LogP contribution in [0.3, 0.4) is 0 Å². The van der Waals surface area contributed by atoms with E-state index >= 15 is 0 Å². The van der Waals surface area contributed by atoms with Crippen LogP contribution >= 0.6 is 0 Å². The van der Waals surface area contributed by atoms with E-state index in [0.29, 0.717) is 35.5 Å². The molecule has 3 heterocycles. The highest BCUT2D eigenvalue weighted by molar-refractivity contribution is 6.03. The third kappa shape index (κ3) is 5.55. The average Bonchev–Trinajstić information content (AvgIpc) is 3.28. The van der Waals surface area contributed by atoms with Gasteiger partial charge in [-0.05, 0) is 87.3 Å². The van der Waals surface area contributed by atoms with Crippen molar-refractivity contribution < 1.29 is 24.2 Å². The van der Waals surface area contributed by atoms with E-state index in [2.05, 4.69) is 37.3 Å². The number of aromatic nitrogens is 2. The maximum Gasteiger partial charge on any atom is 0.337 e. The Labute approximate surface area is 224 Å². The number of carbonyl (C=O) groups excluding carboxylic acids is 1. The lowest BCUT2D eigenvalue weighted by Crippen LogP contribution is -2.32. The Kier molecular flexibility index (Phi) is 7.32. The molecule has 2 N–H and O–H groups in total. The Morgan fingerprint density at radius 3 is 2.53 bits per heavy atom. The Morgan fingerprint density at radius 2 is 1.89 bits per heavy atom. The predicted molar refractivity (Wildman–Crippen MR) is 147 cm³/mol. The molecule has 8 nitrogen and oxygen atoms in total. The second-order valence-electron chi connectivity index (χ2n) is 12.3. The van der Waals surface area contributed by atoms with Crippen LogP contribution in [0.15, 0.2) is 24.4 Å². The summed E-state index contributed by atoms with van der Waals surface area (Å²) in [7, 11) is 0. The molecular formula is C30H39N3O5. The minimum atomic E-state index is -1.23. The van der Waals surface area contributed by atoms with Crippen molar-refractivity contribution in [3.63, 3.8) is 0 Å². The Hall–Kier alpha value is -3.39. The molecule has 38 heavy (non-hydrogen) atoms. The molecule has 0 spiro atoms. The normalized spacial score (nSPS) is 14.6. The Balaban J connectivity index is 2.00. The summed E-state index contributed by atoms with van der Waals surface area (Å²) >= 11 is 0. The van der Waals surface area contributed by atoms with Gasteiger partial charge in [-0.3, -0.25) is 4.79 Å². The summed E-state index contributed by atoms with van der Waals surface area (Å²) in [4.78, 5) is 25.9. The lowest BCUT2D eigenvalue weighted by Gasteiger charge is -2.29. The van der Waals surface area contributed by atoms with Crippen LogP contribution in [0.25, 0.3) is 16.6 Å². The summed E-state index contributed by atoms with van der Waals surface area (Å²) in [6.07, 6.45) is 2.13. The van der Waals surface area contributed by atoms with Gasteiger partial charge in [0.1, 0.15) is 5.75 Å². The fourth-order valence-corrected chi connectivity index (χ4v) is 4.98. The highest BCUT2D eigenvalue weighted by atomic mass is 16.5. The van der Waals surface area contributed by atoms with Crippen molar-refractivity contribution in [3.8, 4) is 16.9 Å². The highest BCUT2D eigenvalue weighted by Gasteiger charge is 2.34. The van der Waals surface area contributed by atoms with Crippen LogP contribution in [0.1, 0.15) is 86.8 Å². The Bertz CT molecular complexity index is 1390. The van der Waals surface area contributed by atoms with Crippen molar-refractivity contribution in [2.75, 3.05) is 13.2 Å². The molecule has 2 aromatic heterocycles. The standard InChI is InChI=1S/C30H39N3O5/c1-17-23(20-11-12-22-19(14-20)10-9-13-37-22)24(26(28(35)36)38-30(6,7)8)18(2)33-25(17)21(15-32-33)27(34)31-16-29(3,4)5/h11-12,14-15,26H,9-10,13,16H2,1-8H3,(H,31,34)(H,35,36). The molecule has 0 saturated heterocycles. The first kappa shape index (κ1) is 27.6.